The molecule has 1 aliphatic carbocycles. The fraction of sp³-hybridized carbons (Fsp3) is 1.00. The maximum absolute atomic E-state index is 9.37. The Kier molecular flexibility index (Phi) is 1.78. The van der Waals surface area contributed by atoms with Crippen LogP contribution in [0.5, 0.6) is 0 Å². The minimum Gasteiger partial charge on any atom is -0.393 e. The predicted molar refractivity (Wildman–Crippen MR) is 37.0 cm³/mol. The molecule has 1 aliphatic rings. The Labute approximate surface area is 56.1 Å². The van der Waals surface area contributed by atoms with Gasteiger partial charge in [0.1, 0.15) is 0 Å². The molecular weight excluding hydrogens is 114 g/mol. The van der Waals surface area contributed by atoms with E-state index in [1.165, 1.54) is 0 Å². The van der Waals surface area contributed by atoms with Gasteiger partial charge in [0, 0.05) is 12.0 Å². The highest BCUT2D eigenvalue weighted by atomic mass is 16.3. The lowest BCUT2D eigenvalue weighted by atomic mass is 9.98. The van der Waals surface area contributed by atoms with E-state index in [1.807, 2.05) is 6.92 Å². The van der Waals surface area contributed by atoms with Crippen LogP contribution in [0.1, 0.15) is 26.2 Å². The highest BCUT2D eigenvalue weighted by molar-refractivity contribution is 4.98. The third kappa shape index (κ3) is 1.10. The zero-order valence-electron chi connectivity index (χ0n) is 5.93. The summed E-state index contributed by atoms with van der Waals surface area (Å²) in [6.07, 6.45) is 2.94. The van der Waals surface area contributed by atoms with E-state index in [4.69, 9.17) is 5.73 Å². The van der Waals surface area contributed by atoms with E-state index in [2.05, 4.69) is 0 Å². The van der Waals surface area contributed by atoms with Crippen LogP contribution in [0, 0.1) is 5.41 Å². The highest BCUT2D eigenvalue weighted by Crippen LogP contribution is 2.48. The Balaban J connectivity index is 2.39. The number of hydrogen-bond acceptors (Lipinski definition) is 2. The molecule has 1 atom stereocenters. The minimum absolute atomic E-state index is 0.134. The van der Waals surface area contributed by atoms with Crippen molar-refractivity contribution in [3.05, 3.63) is 0 Å². The lowest BCUT2D eigenvalue weighted by Gasteiger charge is -2.17. The maximum atomic E-state index is 9.37. The zero-order chi connectivity index (χ0) is 6.91. The van der Waals surface area contributed by atoms with Crippen LogP contribution in [0.25, 0.3) is 0 Å². The second-order valence-corrected chi connectivity index (χ2v) is 2.99. The summed E-state index contributed by atoms with van der Waals surface area (Å²) in [5.74, 6) is 0. The molecule has 0 aromatic heterocycles. The molecule has 9 heavy (non-hydrogen) atoms. The topological polar surface area (TPSA) is 46.2 Å². The van der Waals surface area contributed by atoms with Crippen LogP contribution in [0.3, 0.4) is 0 Å². The van der Waals surface area contributed by atoms with Gasteiger partial charge in [0.05, 0.1) is 6.10 Å². The molecule has 2 nitrogen and oxygen atoms in total. The van der Waals surface area contributed by atoms with Crippen molar-refractivity contribution in [2.45, 2.75) is 32.3 Å². The van der Waals surface area contributed by atoms with E-state index in [1.54, 1.807) is 0 Å². The molecule has 2 heteroatoms. The molecule has 0 radical (unpaired) electrons. The molecule has 0 aromatic rings. The van der Waals surface area contributed by atoms with Crippen molar-refractivity contribution in [2.75, 3.05) is 6.54 Å². The summed E-state index contributed by atoms with van der Waals surface area (Å²) < 4.78 is 0. The van der Waals surface area contributed by atoms with Gasteiger partial charge < -0.3 is 10.8 Å². The third-order valence-corrected chi connectivity index (χ3v) is 2.39. The Morgan fingerprint density at radius 1 is 1.67 bits per heavy atom. The molecule has 1 fully saturated rings. The first-order valence-electron chi connectivity index (χ1n) is 3.63. The van der Waals surface area contributed by atoms with E-state index in [0.717, 1.165) is 19.3 Å². The first kappa shape index (κ1) is 7.03. The molecule has 0 aliphatic heterocycles. The molecular formula is C7H15NO. The molecule has 0 bridgehead atoms. The normalized spacial score (nSPS) is 25.7. The van der Waals surface area contributed by atoms with Crippen LogP contribution in [-0.2, 0) is 0 Å². The van der Waals surface area contributed by atoms with Gasteiger partial charge in [-0.1, -0.05) is 6.92 Å². The SMILES string of the molecule is CCC(O)C1(CN)CC1. The molecule has 1 saturated carbocycles. The first-order valence-corrected chi connectivity index (χ1v) is 3.63. The van der Waals surface area contributed by atoms with Crippen LogP contribution in [0.2, 0.25) is 0 Å². The van der Waals surface area contributed by atoms with Gasteiger partial charge in [0.15, 0.2) is 0 Å². The van der Waals surface area contributed by atoms with Crippen molar-refractivity contribution in [3.63, 3.8) is 0 Å². The van der Waals surface area contributed by atoms with Crippen molar-refractivity contribution >= 4 is 0 Å². The Morgan fingerprint density at radius 2 is 2.22 bits per heavy atom. The van der Waals surface area contributed by atoms with Crippen LogP contribution in [0.15, 0.2) is 0 Å². The van der Waals surface area contributed by atoms with Crippen LogP contribution in [0.4, 0.5) is 0 Å². The third-order valence-electron chi connectivity index (χ3n) is 2.39. The number of aliphatic hydroxyl groups is 1. The second kappa shape index (κ2) is 2.27. The quantitative estimate of drug-likeness (QED) is 0.582. The van der Waals surface area contributed by atoms with Gasteiger partial charge in [-0.05, 0) is 19.3 Å². The van der Waals surface area contributed by atoms with E-state index in [0.29, 0.717) is 6.54 Å². The standard InChI is InChI=1S/C7H15NO/c1-2-6(9)7(5-8)3-4-7/h6,9H,2-5,8H2,1H3. The van der Waals surface area contributed by atoms with Gasteiger partial charge in [-0.25, -0.2) is 0 Å². The molecule has 0 heterocycles. The van der Waals surface area contributed by atoms with Crippen LogP contribution >= 0.6 is 0 Å². The summed E-state index contributed by atoms with van der Waals surface area (Å²) in [5, 5.41) is 9.37. The second-order valence-electron chi connectivity index (χ2n) is 2.99. The summed E-state index contributed by atoms with van der Waals surface area (Å²) in [4.78, 5) is 0. The monoisotopic (exact) mass is 129 g/mol. The minimum atomic E-state index is -0.150. The summed E-state index contributed by atoms with van der Waals surface area (Å²) in [6, 6.07) is 0. The van der Waals surface area contributed by atoms with E-state index in [-0.39, 0.29) is 11.5 Å². The van der Waals surface area contributed by atoms with E-state index < -0.39 is 0 Å². The predicted octanol–water partition coefficient (Wildman–Crippen LogP) is 0.496. The van der Waals surface area contributed by atoms with Crippen molar-refractivity contribution < 1.29 is 5.11 Å². The molecule has 1 unspecified atom stereocenters. The van der Waals surface area contributed by atoms with E-state index in [9.17, 15) is 5.11 Å². The van der Waals surface area contributed by atoms with Gasteiger partial charge in [0.2, 0.25) is 0 Å². The van der Waals surface area contributed by atoms with Crippen molar-refractivity contribution in [3.8, 4) is 0 Å². The fourth-order valence-electron chi connectivity index (χ4n) is 1.27. The van der Waals surface area contributed by atoms with Crippen molar-refractivity contribution in [2.24, 2.45) is 11.1 Å². The lowest BCUT2D eigenvalue weighted by Crippen LogP contribution is -2.28. The number of aliphatic hydroxyl groups excluding tert-OH is 1. The summed E-state index contributed by atoms with van der Waals surface area (Å²) in [7, 11) is 0. The Morgan fingerprint density at radius 3 is 2.33 bits per heavy atom. The molecule has 0 spiro atoms. The van der Waals surface area contributed by atoms with Crippen molar-refractivity contribution in [1.82, 2.24) is 0 Å². The largest absolute Gasteiger partial charge is 0.393 e. The summed E-state index contributed by atoms with van der Waals surface area (Å²) in [6.45, 7) is 2.66. The van der Waals surface area contributed by atoms with Gasteiger partial charge in [-0.2, -0.15) is 0 Å². The highest BCUT2D eigenvalue weighted by Gasteiger charge is 2.46. The molecule has 0 aromatic carbocycles. The van der Waals surface area contributed by atoms with Crippen LogP contribution in [-0.4, -0.2) is 17.8 Å². The lowest BCUT2D eigenvalue weighted by molar-refractivity contribution is 0.0934. The van der Waals surface area contributed by atoms with Gasteiger partial charge >= 0.3 is 0 Å². The molecule has 0 amide bonds. The summed E-state index contributed by atoms with van der Waals surface area (Å²) in [5.41, 5.74) is 5.62. The zero-order valence-corrected chi connectivity index (χ0v) is 5.93. The molecule has 54 valence electrons. The Hall–Kier alpha value is -0.0800. The Bertz CT molecular complexity index is 99.1. The molecule has 1 rings (SSSR count). The first-order chi connectivity index (χ1) is 4.25. The van der Waals surface area contributed by atoms with Crippen LogP contribution < -0.4 is 5.73 Å². The van der Waals surface area contributed by atoms with Gasteiger partial charge in [-0.15, -0.1) is 0 Å². The van der Waals surface area contributed by atoms with Crippen molar-refractivity contribution in [1.29, 1.82) is 0 Å². The summed E-state index contributed by atoms with van der Waals surface area (Å²) >= 11 is 0. The smallest absolute Gasteiger partial charge is 0.0605 e. The van der Waals surface area contributed by atoms with Gasteiger partial charge in [0.25, 0.3) is 0 Å². The maximum Gasteiger partial charge on any atom is 0.0605 e. The number of hydrogen-bond donors (Lipinski definition) is 2. The number of nitrogens with two attached hydrogens (primary N) is 1. The van der Waals surface area contributed by atoms with E-state index >= 15 is 0 Å². The molecule has 0 saturated heterocycles. The van der Waals surface area contributed by atoms with Gasteiger partial charge in [-0.3, -0.25) is 0 Å². The average molecular weight is 129 g/mol. The fourth-order valence-corrected chi connectivity index (χ4v) is 1.27. The number of rotatable bonds is 3. The average Bonchev–Trinajstić information content (AvgIpc) is 2.66. The molecule has 3 N–H and O–H groups in total.